The van der Waals surface area contributed by atoms with Crippen molar-refractivity contribution in [3.8, 4) is 5.75 Å². The minimum absolute atomic E-state index is 0.454. The van der Waals surface area contributed by atoms with Gasteiger partial charge in [-0.3, -0.25) is 0 Å². The number of nitrogens with one attached hydrogen (secondary N) is 1. The first-order valence-corrected chi connectivity index (χ1v) is 8.89. The van der Waals surface area contributed by atoms with Crippen LogP contribution in [0.4, 0.5) is 0 Å². The van der Waals surface area contributed by atoms with Crippen LogP contribution in [0.3, 0.4) is 0 Å². The van der Waals surface area contributed by atoms with Crippen LogP contribution in [0.2, 0.25) is 0 Å². The van der Waals surface area contributed by atoms with Gasteiger partial charge in [-0.2, -0.15) is 0 Å². The summed E-state index contributed by atoms with van der Waals surface area (Å²) in [6, 6.07) is 8.69. The van der Waals surface area contributed by atoms with E-state index in [1.807, 2.05) is 12.1 Å². The molecule has 0 bridgehead atoms. The maximum atomic E-state index is 6.00. The summed E-state index contributed by atoms with van der Waals surface area (Å²) in [5.74, 6) is 0.921. The first-order valence-electron chi connectivity index (χ1n) is 6.42. The highest BCUT2D eigenvalue weighted by Gasteiger charge is 2.09. The molecule has 0 radical (unpaired) electrons. The molecule has 0 fully saturated rings. The summed E-state index contributed by atoms with van der Waals surface area (Å²) < 4.78 is 8.11. The fraction of sp³-hybridized carbons (Fsp3) is 0.333. The van der Waals surface area contributed by atoms with Crippen molar-refractivity contribution in [3.05, 3.63) is 49.0 Å². The predicted octanol–water partition coefficient (Wildman–Crippen LogP) is 5.35. The molecule has 1 N–H and O–H groups in total. The van der Waals surface area contributed by atoms with E-state index in [1.54, 1.807) is 11.3 Å². The minimum Gasteiger partial charge on any atom is -0.487 e. The molecule has 1 heterocycles. The molecule has 0 aliphatic heterocycles. The third kappa shape index (κ3) is 4.58. The Balaban J connectivity index is 2.08. The molecular formula is C15H17Br2NOS. The quantitative estimate of drug-likeness (QED) is 0.682. The average molecular weight is 419 g/mol. The fourth-order valence-electron chi connectivity index (χ4n) is 1.74. The van der Waals surface area contributed by atoms with Crippen molar-refractivity contribution in [1.82, 2.24) is 5.32 Å². The van der Waals surface area contributed by atoms with Crippen molar-refractivity contribution in [1.29, 1.82) is 0 Å². The van der Waals surface area contributed by atoms with E-state index in [-0.39, 0.29) is 0 Å². The van der Waals surface area contributed by atoms with Gasteiger partial charge >= 0.3 is 0 Å². The van der Waals surface area contributed by atoms with Gasteiger partial charge in [0.15, 0.2) is 0 Å². The molecule has 0 aliphatic carbocycles. The summed E-state index contributed by atoms with van der Waals surface area (Å²) in [5.41, 5.74) is 1.17. The van der Waals surface area contributed by atoms with Gasteiger partial charge in [0, 0.05) is 32.9 Å². The van der Waals surface area contributed by atoms with Crippen molar-refractivity contribution in [2.24, 2.45) is 0 Å². The number of hydrogen-bond acceptors (Lipinski definition) is 3. The Hall–Kier alpha value is -0.360. The number of rotatable bonds is 6. The van der Waals surface area contributed by atoms with E-state index in [9.17, 15) is 0 Å². The maximum absolute atomic E-state index is 6.00. The average Bonchev–Trinajstić information content (AvgIpc) is 2.81. The molecule has 20 heavy (non-hydrogen) atoms. The van der Waals surface area contributed by atoms with Crippen molar-refractivity contribution in [3.63, 3.8) is 0 Å². The number of hydrogen-bond donors (Lipinski definition) is 1. The highest BCUT2D eigenvalue weighted by molar-refractivity contribution is 9.10. The fourth-order valence-corrected chi connectivity index (χ4v) is 3.63. The Morgan fingerprint density at radius 1 is 1.30 bits per heavy atom. The SMILES string of the molecule is CC(C)NCc1cccc(Br)c1OCc1cc(Br)cs1. The predicted molar refractivity (Wildman–Crippen MR) is 92.5 cm³/mol. The summed E-state index contributed by atoms with van der Waals surface area (Å²) in [6.07, 6.45) is 0. The zero-order valence-electron chi connectivity index (χ0n) is 11.5. The molecule has 0 spiro atoms. The molecule has 0 unspecified atom stereocenters. The third-order valence-corrected chi connectivity index (χ3v) is 5.03. The molecule has 1 aromatic heterocycles. The van der Waals surface area contributed by atoms with Crippen LogP contribution in [0.5, 0.6) is 5.75 Å². The highest BCUT2D eigenvalue weighted by atomic mass is 79.9. The van der Waals surface area contributed by atoms with E-state index in [0.717, 1.165) is 21.2 Å². The van der Waals surface area contributed by atoms with Crippen molar-refractivity contribution in [2.75, 3.05) is 0 Å². The van der Waals surface area contributed by atoms with Crippen LogP contribution in [0, 0.1) is 0 Å². The van der Waals surface area contributed by atoms with Gasteiger partial charge in [-0.1, -0.05) is 26.0 Å². The number of benzene rings is 1. The second-order valence-corrected chi connectivity index (χ2v) is 7.55. The normalized spacial score (nSPS) is 11.1. The lowest BCUT2D eigenvalue weighted by Crippen LogP contribution is -2.22. The lowest BCUT2D eigenvalue weighted by Gasteiger charge is -2.14. The number of halogens is 2. The minimum atomic E-state index is 0.454. The number of ether oxygens (including phenoxy) is 1. The Bertz CT molecular complexity index is 569. The van der Waals surface area contributed by atoms with Crippen LogP contribution in [0.15, 0.2) is 38.6 Å². The van der Waals surface area contributed by atoms with Gasteiger partial charge in [0.05, 0.1) is 4.47 Å². The molecule has 0 atom stereocenters. The van der Waals surface area contributed by atoms with Gasteiger partial charge in [0.1, 0.15) is 12.4 Å². The second-order valence-electron chi connectivity index (χ2n) is 4.78. The van der Waals surface area contributed by atoms with E-state index < -0.39 is 0 Å². The van der Waals surface area contributed by atoms with Crippen LogP contribution in [-0.4, -0.2) is 6.04 Å². The first kappa shape index (κ1) is 16.0. The van der Waals surface area contributed by atoms with Gasteiger partial charge < -0.3 is 10.1 Å². The smallest absolute Gasteiger partial charge is 0.138 e. The summed E-state index contributed by atoms with van der Waals surface area (Å²) >= 11 is 8.73. The largest absolute Gasteiger partial charge is 0.487 e. The van der Waals surface area contributed by atoms with Crippen LogP contribution in [-0.2, 0) is 13.2 Å². The standard InChI is InChI=1S/C15H17Br2NOS/c1-10(2)18-7-11-4-3-5-14(17)15(11)19-8-13-6-12(16)9-20-13/h3-6,9-10,18H,7-8H2,1-2H3. The van der Waals surface area contributed by atoms with E-state index in [0.29, 0.717) is 12.6 Å². The molecule has 2 aromatic rings. The van der Waals surface area contributed by atoms with E-state index >= 15 is 0 Å². The van der Waals surface area contributed by atoms with Crippen molar-refractivity contribution < 1.29 is 4.74 Å². The number of thiophene rings is 1. The molecule has 0 aliphatic rings. The molecule has 0 amide bonds. The van der Waals surface area contributed by atoms with Gasteiger partial charge in [-0.25, -0.2) is 0 Å². The number of para-hydroxylation sites is 1. The molecule has 2 rings (SSSR count). The Morgan fingerprint density at radius 3 is 2.75 bits per heavy atom. The van der Waals surface area contributed by atoms with E-state index in [1.165, 1.54) is 10.4 Å². The summed E-state index contributed by atoms with van der Waals surface area (Å²) in [5, 5.41) is 5.50. The Labute approximate surface area is 140 Å². The molecule has 5 heteroatoms. The lowest BCUT2D eigenvalue weighted by molar-refractivity contribution is 0.303. The summed E-state index contributed by atoms with van der Waals surface area (Å²) in [6.45, 7) is 5.68. The van der Waals surface area contributed by atoms with Crippen LogP contribution in [0.1, 0.15) is 24.3 Å². The van der Waals surface area contributed by atoms with Gasteiger partial charge in [0.2, 0.25) is 0 Å². The van der Waals surface area contributed by atoms with Crippen molar-refractivity contribution in [2.45, 2.75) is 33.0 Å². The Kier molecular flexibility index (Phi) is 6.08. The van der Waals surface area contributed by atoms with Gasteiger partial charge in [-0.15, -0.1) is 11.3 Å². The van der Waals surface area contributed by atoms with Crippen LogP contribution >= 0.6 is 43.2 Å². The molecule has 0 saturated heterocycles. The zero-order chi connectivity index (χ0) is 14.5. The molecule has 1 aromatic carbocycles. The van der Waals surface area contributed by atoms with E-state index in [4.69, 9.17) is 4.74 Å². The van der Waals surface area contributed by atoms with Gasteiger partial charge in [-0.05, 0) is 44.0 Å². The first-order chi connectivity index (χ1) is 9.56. The molecule has 0 saturated carbocycles. The second kappa shape index (κ2) is 7.59. The van der Waals surface area contributed by atoms with Crippen molar-refractivity contribution >= 4 is 43.2 Å². The van der Waals surface area contributed by atoms with E-state index in [2.05, 4.69) is 68.5 Å². The highest BCUT2D eigenvalue weighted by Crippen LogP contribution is 2.31. The van der Waals surface area contributed by atoms with Gasteiger partial charge in [0.25, 0.3) is 0 Å². The van der Waals surface area contributed by atoms with Crippen LogP contribution in [0.25, 0.3) is 0 Å². The lowest BCUT2D eigenvalue weighted by atomic mass is 10.2. The summed E-state index contributed by atoms with van der Waals surface area (Å²) in [7, 11) is 0. The topological polar surface area (TPSA) is 21.3 Å². The Morgan fingerprint density at radius 2 is 2.10 bits per heavy atom. The monoisotopic (exact) mass is 417 g/mol. The maximum Gasteiger partial charge on any atom is 0.138 e. The molecule has 108 valence electrons. The molecular weight excluding hydrogens is 402 g/mol. The summed E-state index contributed by atoms with van der Waals surface area (Å²) in [4.78, 5) is 1.20. The third-order valence-electron chi connectivity index (χ3n) is 2.73. The van der Waals surface area contributed by atoms with Crippen LogP contribution < -0.4 is 10.1 Å². The molecule has 2 nitrogen and oxygen atoms in total. The zero-order valence-corrected chi connectivity index (χ0v) is 15.4.